The summed E-state index contributed by atoms with van der Waals surface area (Å²) in [4.78, 5) is 0. The van der Waals surface area contributed by atoms with Crippen LogP contribution in [0.2, 0.25) is 0 Å². The van der Waals surface area contributed by atoms with Crippen LogP contribution in [0.1, 0.15) is 16.8 Å². The molecule has 1 aromatic heterocycles. The van der Waals surface area contributed by atoms with E-state index >= 15 is 0 Å². The predicted molar refractivity (Wildman–Crippen MR) is 76.9 cm³/mol. The Morgan fingerprint density at radius 3 is 2.47 bits per heavy atom. The van der Waals surface area contributed by atoms with Gasteiger partial charge in [-0.25, -0.2) is 0 Å². The molecule has 0 N–H and O–H groups in total. The van der Waals surface area contributed by atoms with E-state index in [1.165, 1.54) is 5.56 Å². The molecule has 94 valence electrons. The minimum Gasteiger partial charge on any atom is -0.618 e. The van der Waals surface area contributed by atoms with Crippen molar-refractivity contribution in [2.75, 3.05) is 0 Å². The molecule has 0 spiro atoms. The number of hydrogen-bond donors (Lipinski definition) is 0. The highest BCUT2D eigenvalue weighted by molar-refractivity contribution is 5.83. The van der Waals surface area contributed by atoms with E-state index in [1.54, 1.807) is 6.20 Å². The lowest BCUT2D eigenvalue weighted by Crippen LogP contribution is -2.31. The fraction of sp³-hybridized carbons (Fsp3) is 0.118. The quantitative estimate of drug-likeness (QED) is 0.505. The number of nitrogens with zero attached hydrogens (tertiary/aromatic N) is 1. The number of benzene rings is 2. The second-order valence-electron chi connectivity index (χ2n) is 4.84. The van der Waals surface area contributed by atoms with Crippen LogP contribution in [0, 0.1) is 12.1 Å². The summed E-state index contributed by atoms with van der Waals surface area (Å²) in [7, 11) is 0. The fourth-order valence-electron chi connectivity index (χ4n) is 2.33. The molecule has 19 heavy (non-hydrogen) atoms. The van der Waals surface area contributed by atoms with Crippen molar-refractivity contribution < 1.29 is 4.73 Å². The molecular formula is C17H15NO. The second-order valence-corrected chi connectivity index (χ2v) is 4.84. The van der Waals surface area contributed by atoms with Gasteiger partial charge in [0.05, 0.1) is 11.8 Å². The molecule has 2 nitrogen and oxygen atoms in total. The third kappa shape index (κ3) is 2.29. The molecule has 1 heterocycles. The van der Waals surface area contributed by atoms with Crippen molar-refractivity contribution in [3.63, 3.8) is 0 Å². The summed E-state index contributed by atoms with van der Waals surface area (Å²) in [5.74, 6) is 0. The second kappa shape index (κ2) is 4.73. The molecule has 0 fully saturated rings. The van der Waals surface area contributed by atoms with Crippen molar-refractivity contribution in [3.8, 4) is 0 Å². The molecule has 0 saturated heterocycles. The highest BCUT2D eigenvalue weighted by Crippen LogP contribution is 2.18. The number of pyridine rings is 1. The first-order valence-electron chi connectivity index (χ1n) is 6.39. The zero-order chi connectivity index (χ0) is 13.2. The summed E-state index contributed by atoms with van der Waals surface area (Å²) in [5.41, 5.74) is 3.20. The Kier molecular flexibility index (Phi) is 2.92. The lowest BCUT2D eigenvalue weighted by Gasteiger charge is -2.08. The fourth-order valence-corrected chi connectivity index (χ4v) is 2.33. The predicted octanol–water partition coefficient (Wildman–Crippen LogP) is 3.37. The average molecular weight is 249 g/mol. The van der Waals surface area contributed by atoms with Crippen LogP contribution in [-0.2, 0) is 6.42 Å². The summed E-state index contributed by atoms with van der Waals surface area (Å²) in [5, 5.41) is 14.2. The van der Waals surface area contributed by atoms with Gasteiger partial charge in [0.25, 0.3) is 0 Å². The van der Waals surface area contributed by atoms with Crippen molar-refractivity contribution in [3.05, 3.63) is 82.8 Å². The van der Waals surface area contributed by atoms with Gasteiger partial charge in [0, 0.05) is 6.07 Å². The van der Waals surface area contributed by atoms with E-state index in [-0.39, 0.29) is 0 Å². The van der Waals surface area contributed by atoms with Crippen LogP contribution in [0.15, 0.2) is 60.8 Å². The first-order valence-corrected chi connectivity index (χ1v) is 6.39. The van der Waals surface area contributed by atoms with Gasteiger partial charge in [0.2, 0.25) is 5.69 Å². The van der Waals surface area contributed by atoms with Crippen LogP contribution < -0.4 is 4.73 Å². The molecule has 2 heteroatoms. The van der Waals surface area contributed by atoms with E-state index in [4.69, 9.17) is 0 Å². The summed E-state index contributed by atoms with van der Waals surface area (Å²) in [6, 6.07) is 18.2. The van der Waals surface area contributed by atoms with Gasteiger partial charge in [0.1, 0.15) is 0 Å². The summed E-state index contributed by atoms with van der Waals surface area (Å²) >= 11 is 0. The molecule has 0 aliphatic rings. The van der Waals surface area contributed by atoms with Gasteiger partial charge in [-0.2, -0.15) is 4.73 Å². The molecule has 0 saturated carbocycles. The number of aromatic nitrogens is 1. The van der Waals surface area contributed by atoms with Crippen LogP contribution >= 0.6 is 0 Å². The average Bonchev–Trinajstić information content (AvgIpc) is 2.44. The molecule has 0 radical (unpaired) electrons. The highest BCUT2D eigenvalue weighted by atomic mass is 16.5. The number of rotatable bonds is 2. The molecule has 0 atom stereocenters. The van der Waals surface area contributed by atoms with Crippen molar-refractivity contribution in [2.45, 2.75) is 13.3 Å². The molecular weight excluding hydrogens is 234 g/mol. The van der Waals surface area contributed by atoms with E-state index in [2.05, 4.69) is 31.2 Å². The number of aryl methyl sites for hydroxylation is 1. The maximum absolute atomic E-state index is 12.0. The molecule has 2 aromatic carbocycles. The van der Waals surface area contributed by atoms with Crippen molar-refractivity contribution in [1.29, 1.82) is 0 Å². The maximum atomic E-state index is 12.0. The Bertz CT molecular complexity index is 717. The Hall–Kier alpha value is -2.35. The van der Waals surface area contributed by atoms with E-state index in [9.17, 15) is 5.21 Å². The van der Waals surface area contributed by atoms with Crippen LogP contribution in [0.25, 0.3) is 10.8 Å². The highest BCUT2D eigenvalue weighted by Gasteiger charge is 2.11. The van der Waals surface area contributed by atoms with Gasteiger partial charge in [-0.1, -0.05) is 48.0 Å². The largest absolute Gasteiger partial charge is 0.618 e. The lowest BCUT2D eigenvalue weighted by atomic mass is 10.0. The summed E-state index contributed by atoms with van der Waals surface area (Å²) < 4.78 is 0.974. The summed E-state index contributed by atoms with van der Waals surface area (Å²) in [6.45, 7) is 2.06. The van der Waals surface area contributed by atoms with Crippen LogP contribution in [-0.4, -0.2) is 0 Å². The van der Waals surface area contributed by atoms with Gasteiger partial charge >= 0.3 is 0 Å². The Morgan fingerprint density at radius 1 is 0.947 bits per heavy atom. The Morgan fingerprint density at radius 2 is 1.68 bits per heavy atom. The Balaban J connectivity index is 2.09. The standard InChI is InChI=1S/C17H15NO/c1-13-6-8-14(9-7-13)12-17-16-5-3-2-4-15(16)10-11-18(17)19/h2-11H,12H2,1H3. The minimum atomic E-state index is 0.658. The zero-order valence-electron chi connectivity index (χ0n) is 10.8. The first-order chi connectivity index (χ1) is 9.24. The monoisotopic (exact) mass is 249 g/mol. The molecule has 0 bridgehead atoms. The first kappa shape index (κ1) is 11.7. The molecule has 0 aliphatic carbocycles. The third-order valence-corrected chi connectivity index (χ3v) is 3.42. The van der Waals surface area contributed by atoms with Crippen molar-refractivity contribution in [2.24, 2.45) is 0 Å². The van der Waals surface area contributed by atoms with Gasteiger partial charge in [-0.15, -0.1) is 0 Å². The van der Waals surface area contributed by atoms with Gasteiger partial charge in [0.15, 0.2) is 6.20 Å². The van der Waals surface area contributed by atoms with E-state index in [0.29, 0.717) is 6.42 Å². The molecule has 0 amide bonds. The lowest BCUT2D eigenvalue weighted by molar-refractivity contribution is -0.611. The van der Waals surface area contributed by atoms with Gasteiger partial charge < -0.3 is 5.21 Å². The SMILES string of the molecule is Cc1ccc(Cc2c3ccccc3cc[n+]2[O-])cc1. The molecule has 0 aliphatic heterocycles. The van der Waals surface area contributed by atoms with Crippen LogP contribution in [0.4, 0.5) is 0 Å². The van der Waals surface area contributed by atoms with Gasteiger partial charge in [-0.05, 0) is 23.9 Å². The van der Waals surface area contributed by atoms with Gasteiger partial charge in [-0.3, -0.25) is 0 Å². The topological polar surface area (TPSA) is 26.9 Å². The van der Waals surface area contributed by atoms with E-state index in [0.717, 1.165) is 26.8 Å². The third-order valence-electron chi connectivity index (χ3n) is 3.42. The normalized spacial score (nSPS) is 10.8. The molecule has 3 aromatic rings. The maximum Gasteiger partial charge on any atom is 0.204 e. The Labute approximate surface area is 112 Å². The summed E-state index contributed by atoms with van der Waals surface area (Å²) in [6.07, 6.45) is 2.25. The molecule has 3 rings (SSSR count). The molecule has 0 unspecified atom stereocenters. The zero-order valence-corrected chi connectivity index (χ0v) is 10.8. The van der Waals surface area contributed by atoms with Crippen LogP contribution in [0.5, 0.6) is 0 Å². The number of fused-ring (bicyclic) bond motifs is 1. The van der Waals surface area contributed by atoms with E-state index in [1.807, 2.05) is 30.3 Å². The van der Waals surface area contributed by atoms with Crippen molar-refractivity contribution in [1.82, 2.24) is 0 Å². The number of hydrogen-bond acceptors (Lipinski definition) is 1. The van der Waals surface area contributed by atoms with Crippen LogP contribution in [0.3, 0.4) is 0 Å². The smallest absolute Gasteiger partial charge is 0.204 e. The van der Waals surface area contributed by atoms with Crippen molar-refractivity contribution >= 4 is 10.8 Å². The minimum absolute atomic E-state index is 0.658. The van der Waals surface area contributed by atoms with E-state index < -0.39 is 0 Å².